The summed E-state index contributed by atoms with van der Waals surface area (Å²) in [5.74, 6) is -3.29. The molecule has 2 fully saturated rings. The van der Waals surface area contributed by atoms with Crippen LogP contribution in [0.2, 0.25) is 10.0 Å². The molecule has 2 aliphatic carbocycles. The summed E-state index contributed by atoms with van der Waals surface area (Å²) < 4.78 is 28.8. The van der Waals surface area contributed by atoms with Crippen LogP contribution in [-0.2, 0) is 13.1 Å². The zero-order valence-electron chi connectivity index (χ0n) is 17.2. The Morgan fingerprint density at radius 1 is 1.16 bits per heavy atom. The molecule has 1 spiro atoms. The van der Waals surface area contributed by atoms with Gasteiger partial charge in [0.1, 0.15) is 5.69 Å². The zero-order valence-corrected chi connectivity index (χ0v) is 18.7. The molecule has 32 heavy (non-hydrogen) atoms. The Morgan fingerprint density at radius 2 is 1.84 bits per heavy atom. The van der Waals surface area contributed by atoms with Crippen molar-refractivity contribution in [2.45, 2.75) is 50.7 Å². The molecule has 3 aliphatic rings. The van der Waals surface area contributed by atoms with Crippen LogP contribution in [0.3, 0.4) is 0 Å². The molecule has 2 saturated carbocycles. The topological polar surface area (TPSA) is 93.2 Å². The van der Waals surface area contributed by atoms with Crippen molar-refractivity contribution in [3.05, 3.63) is 39.5 Å². The summed E-state index contributed by atoms with van der Waals surface area (Å²) in [6, 6.07) is 4.55. The molecule has 2 aromatic rings. The van der Waals surface area contributed by atoms with Crippen LogP contribution in [0.5, 0.6) is 0 Å². The Balaban J connectivity index is 1.36. The lowest BCUT2D eigenvalue weighted by molar-refractivity contribution is -0.0158. The van der Waals surface area contributed by atoms with Crippen molar-refractivity contribution < 1.29 is 18.4 Å². The highest BCUT2D eigenvalue weighted by Gasteiger charge is 2.78. The van der Waals surface area contributed by atoms with Crippen molar-refractivity contribution in [3.8, 4) is 11.3 Å². The molecule has 0 radical (unpaired) electrons. The number of rotatable bonds is 3. The number of urea groups is 1. The van der Waals surface area contributed by atoms with E-state index in [9.17, 15) is 18.4 Å². The van der Waals surface area contributed by atoms with E-state index in [0.717, 1.165) is 0 Å². The summed E-state index contributed by atoms with van der Waals surface area (Å²) in [7, 11) is 0. The molecule has 3 N–H and O–H groups in total. The number of fused-ring (bicyclic) bond motifs is 1. The Labute approximate surface area is 192 Å². The maximum absolute atomic E-state index is 13.6. The van der Waals surface area contributed by atoms with E-state index in [4.69, 9.17) is 28.9 Å². The Kier molecular flexibility index (Phi) is 4.56. The molecule has 170 valence electrons. The van der Waals surface area contributed by atoms with Crippen LogP contribution >= 0.6 is 23.2 Å². The molecule has 3 amide bonds. The summed E-state index contributed by atoms with van der Waals surface area (Å²) in [4.78, 5) is 26.7. The molecule has 0 bridgehead atoms. The summed E-state index contributed by atoms with van der Waals surface area (Å²) in [6.45, 7) is 2.63. The average molecular weight is 484 g/mol. The third-order valence-electron chi connectivity index (χ3n) is 6.78. The number of amides is 3. The highest BCUT2D eigenvalue weighted by Crippen LogP contribution is 2.73. The third kappa shape index (κ3) is 3.25. The number of primary amides is 1. The predicted molar refractivity (Wildman–Crippen MR) is 115 cm³/mol. The Hall–Kier alpha value is -2.39. The molecule has 2 heterocycles. The number of aromatic nitrogens is 2. The number of nitrogens with zero attached hydrogens (tertiary/aromatic N) is 3. The van der Waals surface area contributed by atoms with Crippen molar-refractivity contribution >= 4 is 35.1 Å². The quantitative estimate of drug-likeness (QED) is 0.689. The average Bonchev–Trinajstić information content (AvgIpc) is 3.06. The fourth-order valence-electron chi connectivity index (χ4n) is 5.23. The van der Waals surface area contributed by atoms with Gasteiger partial charge in [-0.15, -0.1) is 0 Å². The first-order chi connectivity index (χ1) is 14.9. The van der Waals surface area contributed by atoms with Gasteiger partial charge in [-0.05, 0) is 31.9 Å². The van der Waals surface area contributed by atoms with Crippen LogP contribution in [-0.4, -0.2) is 44.6 Å². The van der Waals surface area contributed by atoms with Crippen LogP contribution in [0.1, 0.15) is 42.2 Å². The van der Waals surface area contributed by atoms with Crippen molar-refractivity contribution in [3.63, 3.8) is 0 Å². The van der Waals surface area contributed by atoms with E-state index in [1.54, 1.807) is 34.7 Å². The summed E-state index contributed by atoms with van der Waals surface area (Å²) in [5.41, 5.74) is 5.75. The standard InChI is InChI=1S/C21H21Cl2F2N5O2/c1-19(8-20(9-19)10-21(20,24)25)27-18(32)29-4-5-30-14(7-29)15(17(26)31)16(28-30)11-2-3-12(22)13(23)6-11/h2-3,6H,4-5,7-10H2,1H3,(H2,26,31)(H,27,32). The SMILES string of the molecule is CC1(NC(=O)N2CCn3nc(-c4ccc(Cl)c(Cl)c4)c(C(N)=O)c3C2)CC2(C1)CC2(F)F. The molecule has 1 aromatic heterocycles. The Bertz CT molecular complexity index is 1160. The number of nitrogens with two attached hydrogens (primary N) is 1. The van der Waals surface area contributed by atoms with Crippen LogP contribution in [0.25, 0.3) is 11.3 Å². The van der Waals surface area contributed by atoms with E-state index in [2.05, 4.69) is 10.4 Å². The van der Waals surface area contributed by atoms with Gasteiger partial charge >= 0.3 is 6.03 Å². The second-order valence-electron chi connectivity index (χ2n) is 9.31. The van der Waals surface area contributed by atoms with E-state index in [0.29, 0.717) is 40.1 Å². The molecule has 1 aromatic carbocycles. The van der Waals surface area contributed by atoms with E-state index in [-0.39, 0.29) is 37.4 Å². The van der Waals surface area contributed by atoms with Crippen molar-refractivity contribution in [1.29, 1.82) is 0 Å². The fraction of sp³-hybridized carbons (Fsp3) is 0.476. The monoisotopic (exact) mass is 483 g/mol. The number of benzene rings is 1. The number of nitrogens with one attached hydrogen (secondary N) is 1. The molecule has 1 aliphatic heterocycles. The fourth-order valence-corrected chi connectivity index (χ4v) is 5.53. The second-order valence-corrected chi connectivity index (χ2v) is 10.1. The molecule has 11 heteroatoms. The van der Waals surface area contributed by atoms with Gasteiger partial charge < -0.3 is 16.0 Å². The largest absolute Gasteiger partial charge is 0.365 e. The van der Waals surface area contributed by atoms with Gasteiger partial charge in [-0.25, -0.2) is 13.6 Å². The van der Waals surface area contributed by atoms with Crippen molar-refractivity contribution in [2.75, 3.05) is 6.54 Å². The van der Waals surface area contributed by atoms with Gasteiger partial charge in [0.2, 0.25) is 0 Å². The molecule has 0 unspecified atom stereocenters. The molecule has 7 nitrogen and oxygen atoms in total. The lowest BCUT2D eigenvalue weighted by Gasteiger charge is -2.47. The molecule has 0 atom stereocenters. The van der Waals surface area contributed by atoms with Crippen LogP contribution in [0.15, 0.2) is 18.2 Å². The smallest absolute Gasteiger partial charge is 0.318 e. The van der Waals surface area contributed by atoms with Crippen LogP contribution in [0, 0.1) is 5.41 Å². The maximum Gasteiger partial charge on any atom is 0.318 e. The summed E-state index contributed by atoms with van der Waals surface area (Å²) >= 11 is 12.1. The normalized spacial score (nSPS) is 27.6. The first-order valence-electron chi connectivity index (χ1n) is 10.2. The summed E-state index contributed by atoms with van der Waals surface area (Å²) in [5, 5.41) is 8.12. The summed E-state index contributed by atoms with van der Waals surface area (Å²) in [6.07, 6.45) is 0.421. The van der Waals surface area contributed by atoms with Crippen molar-refractivity contribution in [2.24, 2.45) is 11.1 Å². The highest BCUT2D eigenvalue weighted by molar-refractivity contribution is 6.42. The molecular weight excluding hydrogens is 463 g/mol. The van der Waals surface area contributed by atoms with E-state index in [1.165, 1.54) is 0 Å². The number of hydrogen-bond acceptors (Lipinski definition) is 3. The molecule has 0 saturated heterocycles. The number of hydrogen-bond donors (Lipinski definition) is 2. The van der Waals surface area contributed by atoms with Gasteiger partial charge in [0, 0.05) is 29.5 Å². The first kappa shape index (κ1) is 21.5. The van der Waals surface area contributed by atoms with Gasteiger partial charge in [0.25, 0.3) is 11.8 Å². The number of carbonyl (C=O) groups excluding carboxylic acids is 2. The van der Waals surface area contributed by atoms with Gasteiger partial charge in [0.05, 0.1) is 34.4 Å². The minimum atomic E-state index is -2.62. The van der Waals surface area contributed by atoms with Crippen molar-refractivity contribution in [1.82, 2.24) is 20.0 Å². The number of carbonyl (C=O) groups is 2. The van der Waals surface area contributed by atoms with Gasteiger partial charge in [0.15, 0.2) is 0 Å². The minimum absolute atomic E-state index is 0.103. The number of halogens is 4. The lowest BCUT2D eigenvalue weighted by Crippen LogP contribution is -2.60. The zero-order chi connectivity index (χ0) is 23.1. The number of alkyl halides is 2. The van der Waals surface area contributed by atoms with Gasteiger partial charge in [-0.1, -0.05) is 29.3 Å². The maximum atomic E-state index is 13.6. The van der Waals surface area contributed by atoms with E-state index >= 15 is 0 Å². The van der Waals surface area contributed by atoms with E-state index < -0.39 is 22.8 Å². The van der Waals surface area contributed by atoms with Crippen LogP contribution in [0.4, 0.5) is 13.6 Å². The molecule has 5 rings (SSSR count). The lowest BCUT2D eigenvalue weighted by atomic mass is 9.66. The van der Waals surface area contributed by atoms with Gasteiger partial charge in [-0.2, -0.15) is 5.10 Å². The minimum Gasteiger partial charge on any atom is -0.365 e. The highest BCUT2D eigenvalue weighted by atomic mass is 35.5. The third-order valence-corrected chi connectivity index (χ3v) is 7.52. The first-order valence-corrected chi connectivity index (χ1v) is 11.0. The van der Waals surface area contributed by atoms with E-state index in [1.807, 2.05) is 0 Å². The second kappa shape index (κ2) is 6.81. The molecular formula is C21H21Cl2F2N5O2. The predicted octanol–water partition coefficient (Wildman–Crippen LogP) is 4.06. The van der Waals surface area contributed by atoms with Gasteiger partial charge in [-0.3, -0.25) is 9.48 Å². The Morgan fingerprint density at radius 3 is 2.44 bits per heavy atom. The van der Waals surface area contributed by atoms with Crippen LogP contribution < -0.4 is 11.1 Å².